The summed E-state index contributed by atoms with van der Waals surface area (Å²) < 4.78 is 11.5. The first-order chi connectivity index (χ1) is 12.5. The zero-order chi connectivity index (χ0) is 20.2. The Labute approximate surface area is 161 Å². The minimum absolute atomic E-state index is 0.111. The fourth-order valence-corrected chi connectivity index (χ4v) is 2.92. The number of furan rings is 1. The topological polar surface area (TPSA) is 56.5 Å². The number of hydrogen-bond donors (Lipinski definition) is 0. The fraction of sp³-hybridized carbons (Fsp3) is 0.478. The summed E-state index contributed by atoms with van der Waals surface area (Å²) in [5.41, 5.74) is 1.68. The van der Waals surface area contributed by atoms with E-state index in [1.165, 1.54) is 0 Å². The second kappa shape index (κ2) is 8.43. The van der Waals surface area contributed by atoms with Gasteiger partial charge in [-0.3, -0.25) is 4.79 Å². The van der Waals surface area contributed by atoms with Crippen LogP contribution in [0, 0.1) is 17.8 Å². The normalized spacial score (nSPS) is 20.1. The molecule has 0 saturated carbocycles. The van der Waals surface area contributed by atoms with Gasteiger partial charge >= 0.3 is 5.97 Å². The lowest BCUT2D eigenvalue weighted by molar-refractivity contribution is -0.113. The molecule has 27 heavy (non-hydrogen) atoms. The van der Waals surface area contributed by atoms with E-state index in [0.717, 1.165) is 17.6 Å². The lowest BCUT2D eigenvalue weighted by atomic mass is 9.91. The Bertz CT molecular complexity index is 834. The van der Waals surface area contributed by atoms with Crippen molar-refractivity contribution >= 4 is 17.8 Å². The summed E-state index contributed by atoms with van der Waals surface area (Å²) in [6.45, 7) is 13.4. The standard InChI is InChI=1S/C23H28O4/c1-15(2)17-9-7-8-10-18(24)11-16(3)12-19-14-20(21(13-17)26-19)22(25)27-23(4,5)6/h12,14,17H,1,7,9,11,13H2,2-6H3/b16-12+/t17-/m0/s1. The van der Waals surface area contributed by atoms with Gasteiger partial charge in [-0.1, -0.05) is 23.6 Å². The van der Waals surface area contributed by atoms with Crippen molar-refractivity contribution in [3.05, 3.63) is 40.9 Å². The number of carbonyl (C=O) groups excluding carboxylic acids is 2. The van der Waals surface area contributed by atoms with E-state index in [4.69, 9.17) is 9.15 Å². The molecule has 2 bridgehead atoms. The zero-order valence-electron chi connectivity index (χ0n) is 16.9. The molecule has 0 aromatic carbocycles. The van der Waals surface area contributed by atoms with Crippen LogP contribution in [0.15, 0.2) is 28.2 Å². The van der Waals surface area contributed by atoms with Crippen LogP contribution in [0.1, 0.15) is 75.8 Å². The van der Waals surface area contributed by atoms with Crippen molar-refractivity contribution in [1.82, 2.24) is 0 Å². The third kappa shape index (κ3) is 6.29. The average Bonchev–Trinajstić information content (AvgIpc) is 2.90. The maximum atomic E-state index is 12.7. The molecule has 2 rings (SSSR count). The van der Waals surface area contributed by atoms with Crippen LogP contribution in [0.25, 0.3) is 6.08 Å². The van der Waals surface area contributed by atoms with Gasteiger partial charge in [0.1, 0.15) is 22.7 Å². The first kappa shape index (κ1) is 20.8. The third-order valence-corrected chi connectivity index (χ3v) is 4.25. The van der Waals surface area contributed by atoms with E-state index in [1.807, 2.05) is 34.6 Å². The monoisotopic (exact) mass is 368 g/mol. The van der Waals surface area contributed by atoms with Crippen LogP contribution >= 0.6 is 0 Å². The van der Waals surface area contributed by atoms with Crippen molar-refractivity contribution in [2.45, 2.75) is 65.9 Å². The van der Waals surface area contributed by atoms with Crippen LogP contribution in [0.3, 0.4) is 0 Å². The van der Waals surface area contributed by atoms with Gasteiger partial charge in [0.15, 0.2) is 0 Å². The van der Waals surface area contributed by atoms with Crippen molar-refractivity contribution in [2.24, 2.45) is 5.92 Å². The number of rotatable bonds is 2. The molecule has 0 aliphatic carbocycles. The quantitative estimate of drug-likeness (QED) is 0.314. The summed E-state index contributed by atoms with van der Waals surface area (Å²) in [6.07, 6.45) is 3.93. The van der Waals surface area contributed by atoms with Crippen molar-refractivity contribution in [3.63, 3.8) is 0 Å². The highest BCUT2D eigenvalue weighted by atomic mass is 16.6. The Morgan fingerprint density at radius 2 is 2.07 bits per heavy atom. The van der Waals surface area contributed by atoms with Crippen LogP contribution in [0.5, 0.6) is 0 Å². The fourth-order valence-electron chi connectivity index (χ4n) is 2.92. The summed E-state index contributed by atoms with van der Waals surface area (Å²) in [4.78, 5) is 24.6. The van der Waals surface area contributed by atoms with Crippen LogP contribution < -0.4 is 0 Å². The lowest BCUT2D eigenvalue weighted by Gasteiger charge is -2.20. The Kier molecular flexibility index (Phi) is 6.49. The number of Topliss-reactive ketones (excluding diaryl/α,β-unsaturated/α-hetero) is 1. The molecule has 1 atom stereocenters. The highest BCUT2D eigenvalue weighted by Gasteiger charge is 2.25. The maximum Gasteiger partial charge on any atom is 0.342 e. The molecule has 0 radical (unpaired) electrons. The third-order valence-electron chi connectivity index (χ3n) is 4.25. The summed E-state index contributed by atoms with van der Waals surface area (Å²) in [7, 11) is 0. The molecule has 1 aliphatic rings. The number of esters is 1. The summed E-state index contributed by atoms with van der Waals surface area (Å²) in [5, 5.41) is 0. The van der Waals surface area contributed by atoms with E-state index < -0.39 is 11.6 Å². The minimum atomic E-state index is -0.589. The van der Waals surface area contributed by atoms with E-state index >= 15 is 0 Å². The molecule has 0 spiro atoms. The van der Waals surface area contributed by atoms with Crippen molar-refractivity contribution in [1.29, 1.82) is 0 Å². The SMILES string of the molecule is C=C(C)[C@H]1CCC#CC(=O)C/C(C)=C/c2cc(C(=O)OC(C)(C)C)c(o2)C1. The summed E-state index contributed by atoms with van der Waals surface area (Å²) in [6, 6.07) is 1.70. The van der Waals surface area contributed by atoms with E-state index in [1.54, 1.807) is 12.1 Å². The molecule has 1 aromatic rings. The van der Waals surface area contributed by atoms with Gasteiger partial charge in [-0.15, -0.1) is 0 Å². The van der Waals surface area contributed by atoms with Gasteiger partial charge in [0, 0.05) is 19.3 Å². The number of allylic oxidation sites excluding steroid dienone is 2. The van der Waals surface area contributed by atoms with Crippen LogP contribution in [0.4, 0.5) is 0 Å². The highest BCUT2D eigenvalue weighted by molar-refractivity contribution is 5.97. The molecule has 4 heteroatoms. The molecular weight excluding hydrogens is 340 g/mol. The van der Waals surface area contributed by atoms with Crippen molar-refractivity contribution in [3.8, 4) is 11.8 Å². The second-order valence-corrected chi connectivity index (χ2v) is 8.17. The molecular formula is C23H28O4. The minimum Gasteiger partial charge on any atom is -0.461 e. The number of hydrogen-bond acceptors (Lipinski definition) is 4. The second-order valence-electron chi connectivity index (χ2n) is 8.17. The zero-order valence-corrected chi connectivity index (χ0v) is 16.9. The van der Waals surface area contributed by atoms with Crippen molar-refractivity contribution in [2.75, 3.05) is 0 Å². The number of carbonyl (C=O) groups is 2. The first-order valence-corrected chi connectivity index (χ1v) is 9.25. The molecule has 0 N–H and O–H groups in total. The molecule has 1 aliphatic heterocycles. The molecule has 2 heterocycles. The molecule has 0 unspecified atom stereocenters. The van der Waals surface area contributed by atoms with E-state index in [0.29, 0.717) is 29.9 Å². The molecule has 4 nitrogen and oxygen atoms in total. The molecule has 0 amide bonds. The predicted molar refractivity (Wildman–Crippen MR) is 106 cm³/mol. The summed E-state index contributed by atoms with van der Waals surface area (Å²) in [5.74, 6) is 6.39. The number of fused-ring (bicyclic) bond motifs is 2. The predicted octanol–water partition coefficient (Wildman–Crippen LogP) is 5.13. The Balaban J connectivity index is 2.47. The van der Waals surface area contributed by atoms with E-state index in [9.17, 15) is 9.59 Å². The summed E-state index contributed by atoms with van der Waals surface area (Å²) >= 11 is 0. The molecule has 0 saturated heterocycles. The van der Waals surface area contributed by atoms with Crippen molar-refractivity contribution < 1.29 is 18.7 Å². The highest BCUT2D eigenvalue weighted by Crippen LogP contribution is 2.28. The maximum absolute atomic E-state index is 12.7. The molecule has 0 fully saturated rings. The number of ether oxygens (including phenoxy) is 1. The van der Waals surface area contributed by atoms with Gasteiger partial charge in [0.2, 0.25) is 5.78 Å². The Morgan fingerprint density at radius 3 is 2.70 bits per heavy atom. The van der Waals surface area contributed by atoms with Crippen LogP contribution in [0.2, 0.25) is 0 Å². The van der Waals surface area contributed by atoms with Gasteiger partial charge in [-0.05, 0) is 65.0 Å². The van der Waals surface area contributed by atoms with E-state index in [-0.39, 0.29) is 18.1 Å². The van der Waals surface area contributed by atoms with E-state index in [2.05, 4.69) is 18.4 Å². The van der Waals surface area contributed by atoms with Crippen LogP contribution in [-0.4, -0.2) is 17.4 Å². The van der Waals surface area contributed by atoms with Gasteiger partial charge < -0.3 is 9.15 Å². The Morgan fingerprint density at radius 1 is 1.37 bits per heavy atom. The molecule has 1 aromatic heterocycles. The molecule has 144 valence electrons. The first-order valence-electron chi connectivity index (χ1n) is 9.25. The van der Waals surface area contributed by atoms with Gasteiger partial charge in [-0.25, -0.2) is 4.79 Å². The average molecular weight is 368 g/mol. The van der Waals surface area contributed by atoms with Crippen LogP contribution in [-0.2, 0) is 16.0 Å². The lowest BCUT2D eigenvalue weighted by Crippen LogP contribution is -2.24. The largest absolute Gasteiger partial charge is 0.461 e. The Hall–Kier alpha value is -2.54. The van der Waals surface area contributed by atoms with Gasteiger partial charge in [0.25, 0.3) is 0 Å². The number of ketones is 1. The van der Waals surface area contributed by atoms with Gasteiger partial charge in [-0.2, -0.15) is 0 Å². The van der Waals surface area contributed by atoms with Gasteiger partial charge in [0.05, 0.1) is 0 Å². The smallest absolute Gasteiger partial charge is 0.342 e.